The van der Waals surface area contributed by atoms with E-state index in [2.05, 4.69) is 11.3 Å². The highest BCUT2D eigenvalue weighted by molar-refractivity contribution is 5.87. The van der Waals surface area contributed by atoms with Gasteiger partial charge in [0, 0.05) is 0 Å². The molecule has 1 rings (SSSR count). The number of hydrogen-bond acceptors (Lipinski definition) is 6. The molecule has 1 atom stereocenters. The van der Waals surface area contributed by atoms with E-state index in [4.69, 9.17) is 27.5 Å². The molecule has 0 aromatic rings. The van der Waals surface area contributed by atoms with Gasteiger partial charge in [0.1, 0.15) is 5.76 Å². The molecule has 0 aliphatic heterocycles. The first-order chi connectivity index (χ1) is 9.95. The van der Waals surface area contributed by atoms with Gasteiger partial charge in [-0.1, -0.05) is 24.1 Å². The molecule has 0 amide bonds. The average Bonchev–Trinajstić information content (AvgIpc) is 2.67. The summed E-state index contributed by atoms with van der Waals surface area (Å²) >= 11 is 0. The van der Waals surface area contributed by atoms with Gasteiger partial charge in [0.15, 0.2) is 5.70 Å². The first-order valence-corrected chi connectivity index (χ1v) is 6.33. The zero-order valence-electron chi connectivity index (χ0n) is 12.1. The van der Waals surface area contributed by atoms with Crippen LogP contribution in [0.15, 0.2) is 47.7 Å². The number of terminal acetylenes is 1. The van der Waals surface area contributed by atoms with Gasteiger partial charge < -0.3 is 15.2 Å². The summed E-state index contributed by atoms with van der Waals surface area (Å²) < 4.78 is 10.2. The van der Waals surface area contributed by atoms with Crippen molar-refractivity contribution in [3.05, 3.63) is 47.7 Å². The number of hydrazine groups is 1. The van der Waals surface area contributed by atoms with Crippen molar-refractivity contribution in [2.24, 2.45) is 17.0 Å². The Bertz CT molecular complexity index is 567. The lowest BCUT2D eigenvalue weighted by atomic mass is 9.91. The van der Waals surface area contributed by atoms with Crippen molar-refractivity contribution in [2.75, 3.05) is 6.61 Å². The van der Waals surface area contributed by atoms with Gasteiger partial charge in [0.25, 0.3) is 0 Å². The lowest BCUT2D eigenvalue weighted by Crippen LogP contribution is -2.30. The van der Waals surface area contributed by atoms with Crippen LogP contribution in [0.25, 0.3) is 0 Å². The van der Waals surface area contributed by atoms with Crippen LogP contribution in [-0.4, -0.2) is 12.6 Å². The van der Waals surface area contributed by atoms with Crippen LogP contribution in [-0.2, 0) is 14.3 Å². The number of allylic oxidation sites excluding steroid dienone is 5. The predicted octanol–water partition coefficient (Wildman–Crippen LogP) is 0.807. The van der Waals surface area contributed by atoms with E-state index >= 15 is 0 Å². The molecule has 112 valence electrons. The second-order valence-electron chi connectivity index (χ2n) is 4.40. The van der Waals surface area contributed by atoms with Gasteiger partial charge in [-0.15, -0.1) is 6.42 Å². The molecule has 1 unspecified atom stereocenters. The summed E-state index contributed by atoms with van der Waals surface area (Å²) in [6.07, 6.45) is 14.2. The third-order valence-corrected chi connectivity index (χ3v) is 2.70. The van der Waals surface area contributed by atoms with Crippen molar-refractivity contribution < 1.29 is 14.3 Å². The van der Waals surface area contributed by atoms with E-state index in [9.17, 15) is 4.79 Å². The van der Waals surface area contributed by atoms with E-state index in [1.54, 1.807) is 31.2 Å². The number of rotatable bonds is 5. The molecule has 0 saturated heterocycles. The quantitative estimate of drug-likeness (QED) is 0.173. The molecule has 5 N–H and O–H groups in total. The molecule has 0 bridgehead atoms. The summed E-state index contributed by atoms with van der Waals surface area (Å²) in [6.45, 7) is 3.74. The minimum Gasteiger partial charge on any atom is -0.461 e. The molecule has 0 saturated carbocycles. The Morgan fingerprint density at radius 2 is 2.24 bits per heavy atom. The number of nitrogens with one attached hydrogen (secondary N) is 1. The van der Waals surface area contributed by atoms with E-state index in [1.165, 1.54) is 0 Å². The van der Waals surface area contributed by atoms with Crippen molar-refractivity contribution in [1.29, 1.82) is 0 Å². The highest BCUT2D eigenvalue weighted by atomic mass is 16.5. The third kappa shape index (κ3) is 4.44. The van der Waals surface area contributed by atoms with Crippen LogP contribution >= 0.6 is 0 Å². The standard InChI is InChI=1S/C15H19N3O3/c1-4-15(3)9-6-7-11(8-10-15)21-13(18-17)12(16)14(19)20-5-2/h1,6-10,18H,5,16-17H2,2-3H3/b13-12+. The number of carbonyl (C=O) groups is 1. The fourth-order valence-electron chi connectivity index (χ4n) is 1.46. The average molecular weight is 289 g/mol. The van der Waals surface area contributed by atoms with E-state index in [0.29, 0.717) is 5.76 Å². The van der Waals surface area contributed by atoms with Crippen LogP contribution in [0.1, 0.15) is 13.8 Å². The van der Waals surface area contributed by atoms with Crippen LogP contribution in [0, 0.1) is 17.8 Å². The summed E-state index contributed by atoms with van der Waals surface area (Å²) in [5.74, 6) is 7.58. The Balaban J connectivity index is 2.94. The molecule has 1 aliphatic rings. The largest absolute Gasteiger partial charge is 0.461 e. The van der Waals surface area contributed by atoms with Crippen LogP contribution in [0.2, 0.25) is 0 Å². The minimum absolute atomic E-state index is 0.0953. The van der Waals surface area contributed by atoms with Crippen molar-refractivity contribution in [3.63, 3.8) is 0 Å². The lowest BCUT2D eigenvalue weighted by Gasteiger charge is -2.13. The van der Waals surface area contributed by atoms with Gasteiger partial charge in [-0.2, -0.15) is 0 Å². The molecule has 0 heterocycles. The fraction of sp³-hybridized carbons (Fsp3) is 0.267. The SMILES string of the molecule is C#CC1(C)C=CC=C(O/C(NN)=C(/N)C(=O)OCC)C=C1. The van der Waals surface area contributed by atoms with Gasteiger partial charge in [-0.3, -0.25) is 5.43 Å². The Morgan fingerprint density at radius 1 is 1.52 bits per heavy atom. The van der Waals surface area contributed by atoms with E-state index < -0.39 is 11.4 Å². The van der Waals surface area contributed by atoms with E-state index in [1.807, 2.05) is 13.0 Å². The minimum atomic E-state index is -0.715. The van der Waals surface area contributed by atoms with Gasteiger partial charge in [0.05, 0.1) is 12.0 Å². The number of ether oxygens (including phenoxy) is 2. The Labute approximate surface area is 124 Å². The molecule has 0 aromatic heterocycles. The van der Waals surface area contributed by atoms with Crippen LogP contribution in [0.5, 0.6) is 0 Å². The van der Waals surface area contributed by atoms with Crippen LogP contribution < -0.4 is 17.0 Å². The van der Waals surface area contributed by atoms with Gasteiger partial charge in [-0.25, -0.2) is 10.6 Å². The fourth-order valence-corrected chi connectivity index (χ4v) is 1.46. The molecule has 1 aliphatic carbocycles. The van der Waals surface area contributed by atoms with Crippen molar-refractivity contribution in [2.45, 2.75) is 13.8 Å². The summed E-state index contributed by atoms with van der Waals surface area (Å²) in [5, 5.41) is 0. The lowest BCUT2D eigenvalue weighted by molar-refractivity contribution is -0.138. The summed E-state index contributed by atoms with van der Waals surface area (Å²) in [7, 11) is 0. The second-order valence-corrected chi connectivity index (χ2v) is 4.40. The first kappa shape index (κ1) is 16.4. The van der Waals surface area contributed by atoms with E-state index in [0.717, 1.165) is 0 Å². The molecular weight excluding hydrogens is 270 g/mol. The molecule has 0 fully saturated rings. The van der Waals surface area contributed by atoms with Gasteiger partial charge in [0.2, 0.25) is 5.88 Å². The van der Waals surface area contributed by atoms with Crippen LogP contribution in [0.3, 0.4) is 0 Å². The molecule has 0 aromatic carbocycles. The maximum Gasteiger partial charge on any atom is 0.359 e. The van der Waals surface area contributed by atoms with Crippen molar-refractivity contribution >= 4 is 5.97 Å². The predicted molar refractivity (Wildman–Crippen MR) is 79.6 cm³/mol. The molecule has 6 heteroatoms. The number of hydrogen-bond donors (Lipinski definition) is 3. The normalized spacial score (nSPS) is 21.5. The summed E-state index contributed by atoms with van der Waals surface area (Å²) in [4.78, 5) is 11.5. The Morgan fingerprint density at radius 3 is 2.81 bits per heavy atom. The molecule has 6 nitrogen and oxygen atoms in total. The molecular formula is C15H19N3O3. The molecule has 0 spiro atoms. The Kier molecular flexibility index (Phi) is 5.64. The third-order valence-electron chi connectivity index (χ3n) is 2.70. The first-order valence-electron chi connectivity index (χ1n) is 6.33. The van der Waals surface area contributed by atoms with E-state index in [-0.39, 0.29) is 18.2 Å². The highest BCUT2D eigenvalue weighted by Crippen LogP contribution is 2.23. The number of esters is 1. The summed E-state index contributed by atoms with van der Waals surface area (Å²) in [5.41, 5.74) is 7.11. The zero-order valence-corrected chi connectivity index (χ0v) is 12.1. The van der Waals surface area contributed by atoms with Crippen LogP contribution in [0.4, 0.5) is 0 Å². The maximum absolute atomic E-state index is 11.5. The Hall–Kier alpha value is -2.65. The zero-order chi connectivity index (χ0) is 15.9. The smallest absolute Gasteiger partial charge is 0.359 e. The number of carbonyl (C=O) groups excluding carboxylic acids is 1. The highest BCUT2D eigenvalue weighted by Gasteiger charge is 2.17. The van der Waals surface area contributed by atoms with Crippen molar-refractivity contribution in [1.82, 2.24) is 5.43 Å². The van der Waals surface area contributed by atoms with Gasteiger partial charge >= 0.3 is 5.97 Å². The van der Waals surface area contributed by atoms with Crippen molar-refractivity contribution in [3.8, 4) is 12.3 Å². The van der Waals surface area contributed by atoms with Gasteiger partial charge in [-0.05, 0) is 26.0 Å². The number of nitrogens with two attached hydrogens (primary N) is 2. The molecule has 21 heavy (non-hydrogen) atoms. The molecule has 0 radical (unpaired) electrons. The second kappa shape index (κ2) is 7.22. The maximum atomic E-state index is 11.5. The monoisotopic (exact) mass is 289 g/mol. The summed E-state index contributed by atoms with van der Waals surface area (Å²) in [6, 6.07) is 0. The topological polar surface area (TPSA) is 99.6 Å².